The minimum Gasteiger partial charge on any atom is -0.356 e. The van der Waals surface area contributed by atoms with Gasteiger partial charge in [0.2, 0.25) is 0 Å². The summed E-state index contributed by atoms with van der Waals surface area (Å²) in [6, 6.07) is 14.4. The smallest absolute Gasteiger partial charge is 0.116 e. The number of fused-ring (bicyclic) bond motifs is 1. The van der Waals surface area contributed by atoms with Gasteiger partial charge in [0.15, 0.2) is 0 Å². The zero-order valence-corrected chi connectivity index (χ0v) is 11.2. The number of nitrogens with one attached hydrogen (secondary N) is 1. The van der Waals surface area contributed by atoms with E-state index in [0.717, 1.165) is 22.3 Å². The highest BCUT2D eigenvalue weighted by atomic mass is 14.9. The van der Waals surface area contributed by atoms with Crippen molar-refractivity contribution in [1.29, 1.82) is 0 Å². The first-order valence-electron chi connectivity index (χ1n) is 6.55. The fourth-order valence-corrected chi connectivity index (χ4v) is 2.10. The molecule has 0 amide bonds. The van der Waals surface area contributed by atoms with E-state index >= 15 is 0 Å². The van der Waals surface area contributed by atoms with Gasteiger partial charge < -0.3 is 5.32 Å². The molecule has 3 nitrogen and oxygen atoms in total. The third kappa shape index (κ3) is 2.67. The highest BCUT2D eigenvalue weighted by Gasteiger charge is 1.98. The lowest BCUT2D eigenvalue weighted by molar-refractivity contribution is 1.22. The second-order valence-electron chi connectivity index (χ2n) is 4.54. The molecule has 1 N–H and O–H groups in total. The molecule has 0 unspecified atom stereocenters. The molecule has 0 saturated carbocycles. The quantitative estimate of drug-likeness (QED) is 0.759. The van der Waals surface area contributed by atoms with Gasteiger partial charge in [0.1, 0.15) is 6.33 Å². The largest absolute Gasteiger partial charge is 0.356 e. The van der Waals surface area contributed by atoms with Crippen LogP contribution in [0.4, 0.5) is 11.4 Å². The number of nitrogens with zero attached hydrogens (tertiary/aromatic N) is 2. The summed E-state index contributed by atoms with van der Waals surface area (Å²) < 4.78 is 0. The molecule has 0 aliphatic rings. The summed E-state index contributed by atoms with van der Waals surface area (Å²) >= 11 is 0. The Bertz CT molecular complexity index is 746. The fourth-order valence-electron chi connectivity index (χ4n) is 2.10. The first kappa shape index (κ1) is 12.4. The van der Waals surface area contributed by atoms with E-state index in [1.807, 2.05) is 31.3 Å². The Hall–Kier alpha value is -2.68. The van der Waals surface area contributed by atoms with Crippen LogP contribution < -0.4 is 5.32 Å². The van der Waals surface area contributed by atoms with E-state index in [4.69, 9.17) is 0 Å². The van der Waals surface area contributed by atoms with E-state index in [2.05, 4.69) is 51.7 Å². The van der Waals surface area contributed by atoms with Crippen LogP contribution in [0.5, 0.6) is 0 Å². The van der Waals surface area contributed by atoms with Crippen LogP contribution in [-0.2, 0) is 0 Å². The van der Waals surface area contributed by atoms with Crippen LogP contribution in [0, 0.1) is 0 Å². The molecule has 0 aliphatic carbocycles. The molecule has 0 atom stereocenters. The van der Waals surface area contributed by atoms with E-state index in [-0.39, 0.29) is 0 Å². The molecular weight excluding hydrogens is 246 g/mol. The molecule has 3 heteroatoms. The van der Waals surface area contributed by atoms with Crippen molar-refractivity contribution in [3.63, 3.8) is 0 Å². The molecule has 20 heavy (non-hydrogen) atoms. The Kier molecular flexibility index (Phi) is 3.42. The van der Waals surface area contributed by atoms with Crippen LogP contribution in [0.25, 0.3) is 17.0 Å². The second-order valence-corrected chi connectivity index (χ2v) is 4.54. The summed E-state index contributed by atoms with van der Waals surface area (Å²) in [4.78, 5) is 8.26. The van der Waals surface area contributed by atoms with E-state index < -0.39 is 0 Å². The molecule has 0 bridgehead atoms. The summed E-state index contributed by atoms with van der Waals surface area (Å²) in [7, 11) is 0. The molecule has 0 spiro atoms. The van der Waals surface area contributed by atoms with Crippen molar-refractivity contribution in [1.82, 2.24) is 9.97 Å². The minimum absolute atomic E-state index is 0.953. The summed E-state index contributed by atoms with van der Waals surface area (Å²) in [6.45, 7) is 2.02. The number of hydrogen-bond donors (Lipinski definition) is 1. The lowest BCUT2D eigenvalue weighted by atomic mass is 10.2. The highest BCUT2D eigenvalue weighted by Crippen LogP contribution is 2.21. The number of anilines is 2. The Morgan fingerprint density at radius 3 is 2.60 bits per heavy atom. The first-order valence-corrected chi connectivity index (χ1v) is 6.55. The molecule has 3 aromatic rings. The minimum atomic E-state index is 0.953. The molecule has 0 aliphatic heterocycles. The summed E-state index contributed by atoms with van der Waals surface area (Å²) in [6.07, 6.45) is 7.50. The first-order chi connectivity index (χ1) is 9.85. The lowest BCUT2D eigenvalue weighted by Crippen LogP contribution is -1.91. The second kappa shape index (κ2) is 5.53. The average molecular weight is 261 g/mol. The molecule has 1 heterocycles. The standard InChI is InChI=1S/C17H15N3/c1-2-3-13-4-6-15(7-5-13)20-16-8-9-17-14(10-16)11-18-12-19-17/h2-12,20H,1H3/b3-2+. The van der Waals surface area contributed by atoms with Gasteiger partial charge in [0, 0.05) is 23.0 Å². The number of aromatic nitrogens is 2. The number of allylic oxidation sites excluding steroid dienone is 1. The number of rotatable bonds is 3. The van der Waals surface area contributed by atoms with Crippen LogP contribution in [0.2, 0.25) is 0 Å². The van der Waals surface area contributed by atoms with Crippen molar-refractivity contribution in [2.75, 3.05) is 5.32 Å². The van der Waals surface area contributed by atoms with Crippen molar-refractivity contribution in [3.05, 3.63) is 66.6 Å². The maximum Gasteiger partial charge on any atom is 0.116 e. The van der Waals surface area contributed by atoms with E-state index in [9.17, 15) is 0 Å². The monoisotopic (exact) mass is 261 g/mol. The number of hydrogen-bond acceptors (Lipinski definition) is 3. The van der Waals surface area contributed by atoms with Crippen LogP contribution >= 0.6 is 0 Å². The predicted octanol–water partition coefficient (Wildman–Crippen LogP) is 4.41. The van der Waals surface area contributed by atoms with Gasteiger partial charge in [0.05, 0.1) is 5.52 Å². The third-order valence-corrected chi connectivity index (χ3v) is 3.06. The molecular formula is C17H15N3. The van der Waals surface area contributed by atoms with Crippen molar-refractivity contribution >= 4 is 28.4 Å². The molecule has 1 aromatic heterocycles. The third-order valence-electron chi connectivity index (χ3n) is 3.06. The maximum absolute atomic E-state index is 4.21. The summed E-state index contributed by atoms with van der Waals surface area (Å²) in [5.41, 5.74) is 4.25. The molecule has 0 saturated heterocycles. The van der Waals surface area contributed by atoms with Gasteiger partial charge in [-0.3, -0.25) is 0 Å². The van der Waals surface area contributed by atoms with Gasteiger partial charge in [0.25, 0.3) is 0 Å². The fraction of sp³-hybridized carbons (Fsp3) is 0.0588. The average Bonchev–Trinajstić information content (AvgIpc) is 2.49. The predicted molar refractivity (Wildman–Crippen MR) is 84.0 cm³/mol. The summed E-state index contributed by atoms with van der Waals surface area (Å²) in [5.74, 6) is 0. The zero-order valence-electron chi connectivity index (χ0n) is 11.2. The summed E-state index contributed by atoms with van der Waals surface area (Å²) in [5, 5.41) is 4.42. The van der Waals surface area contributed by atoms with Gasteiger partial charge in [-0.1, -0.05) is 24.3 Å². The van der Waals surface area contributed by atoms with Gasteiger partial charge in [-0.15, -0.1) is 0 Å². The Labute approximate surface area is 118 Å². The van der Waals surface area contributed by atoms with Gasteiger partial charge in [-0.05, 0) is 42.8 Å². The van der Waals surface area contributed by atoms with Crippen molar-refractivity contribution in [3.8, 4) is 0 Å². The number of benzene rings is 2. The Morgan fingerprint density at radius 2 is 1.80 bits per heavy atom. The van der Waals surface area contributed by atoms with E-state index in [1.54, 1.807) is 6.33 Å². The van der Waals surface area contributed by atoms with Crippen LogP contribution in [0.15, 0.2) is 61.1 Å². The van der Waals surface area contributed by atoms with Crippen LogP contribution in [0.1, 0.15) is 12.5 Å². The van der Waals surface area contributed by atoms with E-state index in [1.165, 1.54) is 5.56 Å². The van der Waals surface area contributed by atoms with Crippen molar-refractivity contribution in [2.24, 2.45) is 0 Å². The Balaban J connectivity index is 1.85. The van der Waals surface area contributed by atoms with Crippen molar-refractivity contribution in [2.45, 2.75) is 6.92 Å². The zero-order chi connectivity index (χ0) is 13.8. The van der Waals surface area contributed by atoms with E-state index in [0.29, 0.717) is 0 Å². The molecule has 3 rings (SSSR count). The molecule has 98 valence electrons. The molecule has 0 radical (unpaired) electrons. The van der Waals surface area contributed by atoms with Gasteiger partial charge in [-0.25, -0.2) is 9.97 Å². The molecule has 2 aromatic carbocycles. The maximum atomic E-state index is 4.21. The van der Waals surface area contributed by atoms with Crippen LogP contribution in [0.3, 0.4) is 0 Å². The topological polar surface area (TPSA) is 37.8 Å². The molecule has 0 fully saturated rings. The SMILES string of the molecule is C/C=C/c1ccc(Nc2ccc3ncncc3c2)cc1. The normalized spacial score (nSPS) is 11.1. The van der Waals surface area contributed by atoms with Crippen LogP contribution in [-0.4, -0.2) is 9.97 Å². The Morgan fingerprint density at radius 1 is 1.00 bits per heavy atom. The lowest BCUT2D eigenvalue weighted by Gasteiger charge is -2.07. The highest BCUT2D eigenvalue weighted by molar-refractivity contribution is 5.82. The van der Waals surface area contributed by atoms with Gasteiger partial charge >= 0.3 is 0 Å². The van der Waals surface area contributed by atoms with Crippen molar-refractivity contribution < 1.29 is 0 Å². The van der Waals surface area contributed by atoms with Gasteiger partial charge in [-0.2, -0.15) is 0 Å².